The van der Waals surface area contributed by atoms with Gasteiger partial charge in [0.2, 0.25) is 0 Å². The van der Waals surface area contributed by atoms with Gasteiger partial charge in [-0.05, 0) is 18.2 Å². The zero-order valence-electron chi connectivity index (χ0n) is 9.72. The Kier molecular flexibility index (Phi) is 3.23. The van der Waals surface area contributed by atoms with Crippen LogP contribution in [0.25, 0.3) is 11.0 Å². The minimum absolute atomic E-state index is 0.0502. The van der Waals surface area contributed by atoms with E-state index in [9.17, 15) is 4.79 Å². The molecule has 2 heterocycles. The Bertz CT molecular complexity index is 781. The van der Waals surface area contributed by atoms with Crippen LogP contribution in [-0.2, 0) is 6.54 Å². The van der Waals surface area contributed by atoms with Crippen molar-refractivity contribution in [2.45, 2.75) is 6.54 Å². The van der Waals surface area contributed by atoms with Crippen molar-refractivity contribution in [2.24, 2.45) is 0 Å². The molecule has 3 aromatic rings. The van der Waals surface area contributed by atoms with Gasteiger partial charge in [0.15, 0.2) is 9.90 Å². The lowest BCUT2D eigenvalue weighted by Gasteiger charge is -2.05. The fourth-order valence-electron chi connectivity index (χ4n) is 1.75. The minimum atomic E-state index is -0.0502. The summed E-state index contributed by atoms with van der Waals surface area (Å²) in [4.78, 5) is 16.7. The molecule has 0 aliphatic heterocycles. The van der Waals surface area contributed by atoms with Gasteiger partial charge >= 0.3 is 0 Å². The summed E-state index contributed by atoms with van der Waals surface area (Å²) in [6, 6.07) is 6.84. The van der Waals surface area contributed by atoms with Gasteiger partial charge in [-0.3, -0.25) is 4.79 Å². The molecular weight excluding hydrogens is 284 g/mol. The first-order chi connectivity index (χ1) is 9.22. The van der Waals surface area contributed by atoms with Crippen molar-refractivity contribution in [2.75, 3.05) is 5.32 Å². The van der Waals surface area contributed by atoms with E-state index >= 15 is 0 Å². The fraction of sp³-hybridized carbons (Fsp3) is 0.0769. The summed E-state index contributed by atoms with van der Waals surface area (Å²) in [5.41, 5.74) is 1.39. The molecule has 19 heavy (non-hydrogen) atoms. The summed E-state index contributed by atoms with van der Waals surface area (Å²) in [5, 5.41) is 3.79. The average Bonchev–Trinajstić information content (AvgIpc) is 2.83. The topological polar surface area (TPSA) is 55.1 Å². The number of nitrogens with one attached hydrogen (secondary N) is 1. The van der Waals surface area contributed by atoms with Crippen molar-refractivity contribution in [3.63, 3.8) is 0 Å². The SMILES string of the molecule is O=c1ccoc2ccc(NCc3cnc(Cl)s3)cc12. The molecule has 2 aromatic heterocycles. The average molecular weight is 293 g/mol. The van der Waals surface area contributed by atoms with Crippen LogP contribution >= 0.6 is 22.9 Å². The van der Waals surface area contributed by atoms with Crippen LogP contribution < -0.4 is 10.7 Å². The van der Waals surface area contributed by atoms with E-state index in [4.69, 9.17) is 16.0 Å². The van der Waals surface area contributed by atoms with Crippen LogP contribution in [0.1, 0.15) is 4.88 Å². The Labute approximate surface area is 117 Å². The maximum absolute atomic E-state index is 11.7. The molecule has 0 aliphatic carbocycles. The number of thiazole rings is 1. The van der Waals surface area contributed by atoms with Crippen LogP contribution in [-0.4, -0.2) is 4.98 Å². The molecule has 0 amide bonds. The predicted molar refractivity (Wildman–Crippen MR) is 76.9 cm³/mol. The number of hydrogen-bond acceptors (Lipinski definition) is 5. The summed E-state index contributed by atoms with van der Waals surface area (Å²) in [5.74, 6) is 0. The highest BCUT2D eigenvalue weighted by Gasteiger charge is 2.03. The monoisotopic (exact) mass is 292 g/mol. The lowest BCUT2D eigenvalue weighted by molar-refractivity contribution is 0.602. The van der Waals surface area contributed by atoms with Gasteiger partial charge in [-0.2, -0.15) is 0 Å². The summed E-state index contributed by atoms with van der Waals surface area (Å²) in [6.45, 7) is 0.619. The summed E-state index contributed by atoms with van der Waals surface area (Å²) < 4.78 is 5.78. The molecular formula is C13H9ClN2O2S. The minimum Gasteiger partial charge on any atom is -0.464 e. The second-order valence-electron chi connectivity index (χ2n) is 3.93. The van der Waals surface area contributed by atoms with Crippen LogP contribution in [0.4, 0.5) is 5.69 Å². The Hall–Kier alpha value is -1.85. The number of aromatic nitrogens is 1. The van der Waals surface area contributed by atoms with Gasteiger partial charge in [-0.25, -0.2) is 4.98 Å². The van der Waals surface area contributed by atoms with Crippen LogP contribution in [0.15, 0.2) is 45.9 Å². The van der Waals surface area contributed by atoms with Crippen LogP contribution in [0.5, 0.6) is 0 Å². The van der Waals surface area contributed by atoms with Gasteiger partial charge < -0.3 is 9.73 Å². The molecule has 0 saturated carbocycles. The Morgan fingerprint density at radius 2 is 2.26 bits per heavy atom. The van der Waals surface area contributed by atoms with E-state index in [0.29, 0.717) is 22.0 Å². The largest absolute Gasteiger partial charge is 0.464 e. The zero-order valence-corrected chi connectivity index (χ0v) is 11.3. The van der Waals surface area contributed by atoms with Crippen LogP contribution in [0.3, 0.4) is 0 Å². The number of fused-ring (bicyclic) bond motifs is 1. The Morgan fingerprint density at radius 3 is 3.05 bits per heavy atom. The molecule has 0 radical (unpaired) electrons. The molecule has 0 unspecified atom stereocenters. The molecule has 3 rings (SSSR count). The number of anilines is 1. The van der Waals surface area contributed by atoms with Gasteiger partial charge in [-0.15, -0.1) is 11.3 Å². The highest BCUT2D eigenvalue weighted by molar-refractivity contribution is 7.15. The third-order valence-electron chi connectivity index (χ3n) is 2.65. The fourth-order valence-corrected chi connectivity index (χ4v) is 2.67. The molecule has 0 fully saturated rings. The Balaban J connectivity index is 1.85. The van der Waals surface area contributed by atoms with E-state index in [1.54, 1.807) is 18.3 Å². The molecule has 6 heteroatoms. The number of halogens is 1. The van der Waals surface area contributed by atoms with Crippen molar-refractivity contribution in [3.05, 3.63) is 56.3 Å². The Morgan fingerprint density at radius 1 is 1.37 bits per heavy atom. The normalized spacial score (nSPS) is 10.8. The molecule has 4 nitrogen and oxygen atoms in total. The van der Waals surface area contributed by atoms with Crippen LogP contribution in [0.2, 0.25) is 4.47 Å². The highest BCUT2D eigenvalue weighted by atomic mass is 35.5. The highest BCUT2D eigenvalue weighted by Crippen LogP contribution is 2.20. The third-order valence-corrected chi connectivity index (χ3v) is 3.77. The predicted octanol–water partition coefficient (Wildman–Crippen LogP) is 3.52. The van der Waals surface area contributed by atoms with E-state index in [1.807, 2.05) is 6.07 Å². The van der Waals surface area contributed by atoms with Crippen molar-refractivity contribution in [1.29, 1.82) is 0 Å². The summed E-state index contributed by atoms with van der Waals surface area (Å²) in [7, 11) is 0. The van der Waals surface area contributed by atoms with E-state index in [1.165, 1.54) is 23.7 Å². The maximum atomic E-state index is 11.7. The number of nitrogens with zero attached hydrogens (tertiary/aromatic N) is 1. The zero-order chi connectivity index (χ0) is 13.2. The molecule has 0 atom stereocenters. The lowest BCUT2D eigenvalue weighted by atomic mass is 10.2. The first-order valence-electron chi connectivity index (χ1n) is 5.58. The molecule has 0 aliphatic rings. The smallest absolute Gasteiger partial charge is 0.192 e. The van der Waals surface area contributed by atoms with Gasteiger partial charge in [0.25, 0.3) is 0 Å². The second kappa shape index (κ2) is 5.03. The van der Waals surface area contributed by atoms with E-state index < -0.39 is 0 Å². The van der Waals surface area contributed by atoms with Gasteiger partial charge in [0.1, 0.15) is 5.58 Å². The van der Waals surface area contributed by atoms with Crippen LogP contribution in [0, 0.1) is 0 Å². The summed E-state index contributed by atoms with van der Waals surface area (Å²) in [6.07, 6.45) is 3.13. The van der Waals surface area contributed by atoms with Gasteiger partial charge in [0.05, 0.1) is 18.2 Å². The third kappa shape index (κ3) is 2.62. The van der Waals surface area contributed by atoms with Crippen molar-refractivity contribution < 1.29 is 4.42 Å². The van der Waals surface area contributed by atoms with Crippen molar-refractivity contribution in [3.8, 4) is 0 Å². The summed E-state index contributed by atoms with van der Waals surface area (Å²) >= 11 is 7.19. The molecule has 1 aromatic carbocycles. The molecule has 96 valence electrons. The second-order valence-corrected chi connectivity index (χ2v) is 5.63. The maximum Gasteiger partial charge on any atom is 0.192 e. The lowest BCUT2D eigenvalue weighted by Crippen LogP contribution is -2.01. The molecule has 0 bridgehead atoms. The first-order valence-corrected chi connectivity index (χ1v) is 6.77. The van der Waals surface area contributed by atoms with Gasteiger partial charge in [-0.1, -0.05) is 11.6 Å². The van der Waals surface area contributed by atoms with Crippen molar-refractivity contribution in [1.82, 2.24) is 4.98 Å². The number of hydrogen-bond donors (Lipinski definition) is 1. The van der Waals surface area contributed by atoms with Crippen molar-refractivity contribution >= 4 is 39.6 Å². The van der Waals surface area contributed by atoms with E-state index in [0.717, 1.165) is 10.6 Å². The molecule has 0 saturated heterocycles. The number of benzene rings is 1. The van der Waals surface area contributed by atoms with E-state index in [-0.39, 0.29) is 5.43 Å². The van der Waals surface area contributed by atoms with E-state index in [2.05, 4.69) is 10.3 Å². The quantitative estimate of drug-likeness (QED) is 0.802. The van der Waals surface area contributed by atoms with Gasteiger partial charge in [0, 0.05) is 22.8 Å². The number of rotatable bonds is 3. The first kappa shape index (κ1) is 12.2. The molecule has 0 spiro atoms. The standard InChI is InChI=1S/C13H9ClN2O2S/c14-13-16-7-9(19-13)6-15-8-1-2-12-10(5-8)11(17)3-4-18-12/h1-5,7,15H,6H2. The molecule has 1 N–H and O–H groups in total.